The average Bonchev–Trinajstić information content (AvgIpc) is 2.55. The van der Waals surface area contributed by atoms with Crippen LogP contribution in [0.1, 0.15) is 25.0 Å². The number of nitrogens with zero attached hydrogens (tertiary/aromatic N) is 1. The molecule has 0 amide bonds. The number of halogens is 1. The zero-order valence-corrected chi connectivity index (χ0v) is 13.9. The molecular formula is C19H18ClNO2. The van der Waals surface area contributed by atoms with Crippen LogP contribution >= 0.6 is 11.6 Å². The van der Waals surface area contributed by atoms with Crippen LogP contribution in [0.15, 0.2) is 42.5 Å². The molecule has 0 heterocycles. The van der Waals surface area contributed by atoms with Crippen molar-refractivity contribution in [2.75, 3.05) is 13.2 Å². The summed E-state index contributed by atoms with van der Waals surface area (Å²) in [6, 6.07) is 15.0. The lowest BCUT2D eigenvalue weighted by Gasteiger charge is -2.11. The standard InChI is InChI=1S/C19H18ClNO2/c1-3-22-18-9-8-15(19(12-18)23-4-2)10-16(13-21)14-6-5-7-17(20)11-14/h5-12H,3-4H2,1-2H3/b16-10-. The van der Waals surface area contributed by atoms with E-state index in [1.165, 1.54) is 0 Å². The van der Waals surface area contributed by atoms with Gasteiger partial charge in [-0.1, -0.05) is 23.7 Å². The summed E-state index contributed by atoms with van der Waals surface area (Å²) in [5, 5.41) is 10.1. The van der Waals surface area contributed by atoms with Crippen LogP contribution < -0.4 is 9.47 Å². The predicted octanol–water partition coefficient (Wildman–Crippen LogP) is 5.20. The summed E-state index contributed by atoms with van der Waals surface area (Å²) in [5.41, 5.74) is 2.13. The van der Waals surface area contributed by atoms with Crippen LogP contribution in [0.25, 0.3) is 11.6 Å². The van der Waals surface area contributed by atoms with Gasteiger partial charge in [-0.25, -0.2) is 0 Å². The van der Waals surface area contributed by atoms with E-state index in [4.69, 9.17) is 21.1 Å². The molecule has 2 aromatic rings. The molecule has 2 rings (SSSR count). The predicted molar refractivity (Wildman–Crippen MR) is 93.7 cm³/mol. The molecule has 0 saturated carbocycles. The Morgan fingerprint density at radius 2 is 1.91 bits per heavy atom. The van der Waals surface area contributed by atoms with Gasteiger partial charge in [0.05, 0.1) is 24.9 Å². The number of benzene rings is 2. The van der Waals surface area contributed by atoms with Crippen LogP contribution in [0.4, 0.5) is 0 Å². The third kappa shape index (κ3) is 4.51. The molecule has 0 unspecified atom stereocenters. The second-order valence-electron chi connectivity index (χ2n) is 4.75. The molecule has 0 radical (unpaired) electrons. The molecular weight excluding hydrogens is 310 g/mol. The minimum absolute atomic E-state index is 0.526. The first-order chi connectivity index (χ1) is 11.2. The molecule has 0 aliphatic carbocycles. The van der Waals surface area contributed by atoms with Crippen molar-refractivity contribution in [1.82, 2.24) is 0 Å². The first-order valence-corrected chi connectivity index (χ1v) is 7.83. The van der Waals surface area contributed by atoms with Crippen molar-refractivity contribution in [2.45, 2.75) is 13.8 Å². The van der Waals surface area contributed by atoms with Gasteiger partial charge in [0.25, 0.3) is 0 Å². The SMILES string of the molecule is CCOc1ccc(/C=C(/C#N)c2cccc(Cl)c2)c(OCC)c1. The van der Waals surface area contributed by atoms with Crippen molar-refractivity contribution in [3.8, 4) is 17.6 Å². The topological polar surface area (TPSA) is 42.2 Å². The quantitative estimate of drug-likeness (QED) is 0.541. The lowest BCUT2D eigenvalue weighted by atomic mass is 10.0. The molecule has 0 atom stereocenters. The van der Waals surface area contributed by atoms with E-state index in [0.29, 0.717) is 29.6 Å². The highest BCUT2D eigenvalue weighted by Crippen LogP contribution is 2.29. The molecule has 0 N–H and O–H groups in total. The van der Waals surface area contributed by atoms with Crippen molar-refractivity contribution in [3.63, 3.8) is 0 Å². The van der Waals surface area contributed by atoms with E-state index in [2.05, 4.69) is 6.07 Å². The zero-order valence-electron chi connectivity index (χ0n) is 13.2. The van der Waals surface area contributed by atoms with Crippen molar-refractivity contribution in [1.29, 1.82) is 5.26 Å². The fourth-order valence-corrected chi connectivity index (χ4v) is 2.35. The summed E-state index contributed by atoms with van der Waals surface area (Å²) in [7, 11) is 0. The molecule has 0 aromatic heterocycles. The van der Waals surface area contributed by atoms with Gasteiger partial charge in [-0.3, -0.25) is 0 Å². The van der Waals surface area contributed by atoms with E-state index in [9.17, 15) is 5.26 Å². The van der Waals surface area contributed by atoms with Gasteiger partial charge in [-0.2, -0.15) is 5.26 Å². The summed E-state index contributed by atoms with van der Waals surface area (Å²) < 4.78 is 11.2. The summed E-state index contributed by atoms with van der Waals surface area (Å²) in [4.78, 5) is 0. The van der Waals surface area contributed by atoms with Crippen LogP contribution in [-0.2, 0) is 0 Å². The minimum Gasteiger partial charge on any atom is -0.494 e. The fourth-order valence-electron chi connectivity index (χ4n) is 2.16. The molecule has 2 aromatic carbocycles. The van der Waals surface area contributed by atoms with Crippen molar-refractivity contribution in [3.05, 3.63) is 58.6 Å². The second-order valence-corrected chi connectivity index (χ2v) is 5.18. The van der Waals surface area contributed by atoms with E-state index in [1.54, 1.807) is 18.2 Å². The molecule has 0 bridgehead atoms. The molecule has 0 aliphatic rings. The highest BCUT2D eigenvalue weighted by atomic mass is 35.5. The Kier molecular flexibility index (Phi) is 6.08. The highest BCUT2D eigenvalue weighted by Gasteiger charge is 2.07. The van der Waals surface area contributed by atoms with Crippen LogP contribution in [0.5, 0.6) is 11.5 Å². The van der Waals surface area contributed by atoms with Gasteiger partial charge in [-0.15, -0.1) is 0 Å². The second kappa shape index (κ2) is 8.26. The molecule has 0 fully saturated rings. The van der Waals surface area contributed by atoms with Crippen molar-refractivity contribution < 1.29 is 9.47 Å². The Labute approximate surface area is 141 Å². The smallest absolute Gasteiger partial charge is 0.130 e. The number of allylic oxidation sites excluding steroid dienone is 1. The summed E-state index contributed by atoms with van der Waals surface area (Å²) in [6.07, 6.45) is 1.80. The highest BCUT2D eigenvalue weighted by molar-refractivity contribution is 6.30. The van der Waals surface area contributed by atoms with E-state index >= 15 is 0 Å². The normalized spacial score (nSPS) is 11.0. The third-order valence-corrected chi connectivity index (χ3v) is 3.39. The fraction of sp³-hybridized carbons (Fsp3) is 0.211. The first-order valence-electron chi connectivity index (χ1n) is 7.45. The van der Waals surface area contributed by atoms with E-state index in [-0.39, 0.29) is 0 Å². The Morgan fingerprint density at radius 3 is 2.57 bits per heavy atom. The molecule has 0 aliphatic heterocycles. The van der Waals surface area contributed by atoms with Gasteiger partial charge in [0.1, 0.15) is 11.5 Å². The number of rotatable bonds is 6. The van der Waals surface area contributed by atoms with Crippen molar-refractivity contribution >= 4 is 23.3 Å². The summed E-state index contributed by atoms with van der Waals surface area (Å²) in [6.45, 7) is 4.98. The number of ether oxygens (including phenoxy) is 2. The Bertz CT molecular complexity index is 747. The van der Waals surface area contributed by atoms with Gasteiger partial charge >= 0.3 is 0 Å². The van der Waals surface area contributed by atoms with Gasteiger partial charge in [0, 0.05) is 16.7 Å². The van der Waals surface area contributed by atoms with Crippen LogP contribution in [0.3, 0.4) is 0 Å². The van der Waals surface area contributed by atoms with Crippen LogP contribution in [0.2, 0.25) is 5.02 Å². The molecule has 3 nitrogen and oxygen atoms in total. The van der Waals surface area contributed by atoms with Gasteiger partial charge in [-0.05, 0) is 49.8 Å². The molecule has 23 heavy (non-hydrogen) atoms. The number of hydrogen-bond acceptors (Lipinski definition) is 3. The summed E-state index contributed by atoms with van der Waals surface area (Å²) in [5.74, 6) is 1.43. The maximum Gasteiger partial charge on any atom is 0.130 e. The lowest BCUT2D eigenvalue weighted by molar-refractivity contribution is 0.322. The lowest BCUT2D eigenvalue weighted by Crippen LogP contribution is -1.97. The maximum absolute atomic E-state index is 9.46. The van der Waals surface area contributed by atoms with Gasteiger partial charge < -0.3 is 9.47 Å². The minimum atomic E-state index is 0.526. The van der Waals surface area contributed by atoms with Gasteiger partial charge in [0.15, 0.2) is 0 Å². The first kappa shape index (κ1) is 16.9. The van der Waals surface area contributed by atoms with E-state index in [0.717, 1.165) is 16.9 Å². The Hall–Kier alpha value is -2.44. The van der Waals surface area contributed by atoms with E-state index < -0.39 is 0 Å². The van der Waals surface area contributed by atoms with Crippen molar-refractivity contribution in [2.24, 2.45) is 0 Å². The average molecular weight is 328 g/mol. The zero-order chi connectivity index (χ0) is 16.7. The Morgan fingerprint density at radius 1 is 1.13 bits per heavy atom. The third-order valence-electron chi connectivity index (χ3n) is 3.15. The number of hydrogen-bond donors (Lipinski definition) is 0. The number of nitriles is 1. The summed E-state index contributed by atoms with van der Waals surface area (Å²) >= 11 is 6.01. The maximum atomic E-state index is 9.46. The van der Waals surface area contributed by atoms with Gasteiger partial charge in [0.2, 0.25) is 0 Å². The largest absolute Gasteiger partial charge is 0.494 e. The van der Waals surface area contributed by atoms with Crippen LogP contribution in [-0.4, -0.2) is 13.2 Å². The molecule has 0 saturated heterocycles. The monoisotopic (exact) mass is 327 g/mol. The molecule has 118 valence electrons. The van der Waals surface area contributed by atoms with Crippen LogP contribution in [0, 0.1) is 11.3 Å². The molecule has 4 heteroatoms. The Balaban J connectivity index is 2.44. The molecule has 0 spiro atoms. The van der Waals surface area contributed by atoms with E-state index in [1.807, 2.05) is 44.2 Å².